The Morgan fingerprint density at radius 2 is 2.00 bits per heavy atom. The molecule has 2 rings (SSSR count). The molecule has 0 radical (unpaired) electrons. The van der Waals surface area contributed by atoms with Crippen LogP contribution >= 0.6 is 0 Å². The van der Waals surface area contributed by atoms with Crippen molar-refractivity contribution in [3.05, 3.63) is 34.9 Å². The van der Waals surface area contributed by atoms with Gasteiger partial charge in [-0.2, -0.15) is 0 Å². The molecule has 1 N–H and O–H groups in total. The molecule has 1 aliphatic rings. The summed E-state index contributed by atoms with van der Waals surface area (Å²) >= 11 is 0. The van der Waals surface area contributed by atoms with Crippen LogP contribution in [0.1, 0.15) is 49.8 Å². The van der Waals surface area contributed by atoms with E-state index in [0.717, 1.165) is 6.54 Å². The molecule has 0 spiro atoms. The van der Waals surface area contributed by atoms with E-state index in [2.05, 4.69) is 51.2 Å². The molecule has 1 fully saturated rings. The molecular weight excluding hydrogens is 206 g/mol. The van der Waals surface area contributed by atoms with E-state index < -0.39 is 0 Å². The number of rotatable bonds is 3. The van der Waals surface area contributed by atoms with Crippen molar-refractivity contribution in [2.75, 3.05) is 0 Å². The largest absolute Gasteiger partial charge is 0.309 e. The molecule has 17 heavy (non-hydrogen) atoms. The second-order valence-electron chi connectivity index (χ2n) is 6.23. The van der Waals surface area contributed by atoms with Gasteiger partial charge in [0.25, 0.3) is 0 Å². The molecule has 94 valence electrons. The van der Waals surface area contributed by atoms with Crippen LogP contribution in [0.5, 0.6) is 0 Å². The molecule has 1 saturated carbocycles. The zero-order valence-corrected chi connectivity index (χ0v) is 11.6. The van der Waals surface area contributed by atoms with Crippen LogP contribution in [0.2, 0.25) is 0 Å². The van der Waals surface area contributed by atoms with Gasteiger partial charge >= 0.3 is 0 Å². The third-order valence-electron chi connectivity index (χ3n) is 4.38. The standard InChI is InChI=1S/C16H25N/c1-12-7-8-14(10-13(12)2)11-17-15-6-5-9-16(15,3)4/h7-8,10,15,17H,5-6,9,11H2,1-4H3. The van der Waals surface area contributed by atoms with Gasteiger partial charge in [-0.3, -0.25) is 0 Å². The van der Waals surface area contributed by atoms with Gasteiger partial charge in [0.15, 0.2) is 0 Å². The average molecular weight is 231 g/mol. The Balaban J connectivity index is 1.96. The highest BCUT2D eigenvalue weighted by atomic mass is 14.9. The number of hydrogen-bond acceptors (Lipinski definition) is 1. The van der Waals surface area contributed by atoms with Crippen LogP contribution in [-0.4, -0.2) is 6.04 Å². The Kier molecular flexibility index (Phi) is 3.58. The van der Waals surface area contributed by atoms with Crippen LogP contribution in [0.25, 0.3) is 0 Å². The van der Waals surface area contributed by atoms with Gasteiger partial charge in [-0.1, -0.05) is 38.5 Å². The van der Waals surface area contributed by atoms with E-state index >= 15 is 0 Å². The van der Waals surface area contributed by atoms with Gasteiger partial charge in [-0.05, 0) is 48.8 Å². The molecular formula is C16H25N. The molecule has 1 heteroatoms. The fourth-order valence-electron chi connectivity index (χ4n) is 2.86. The fraction of sp³-hybridized carbons (Fsp3) is 0.625. The van der Waals surface area contributed by atoms with E-state index in [0.29, 0.717) is 11.5 Å². The summed E-state index contributed by atoms with van der Waals surface area (Å²) in [5.74, 6) is 0. The summed E-state index contributed by atoms with van der Waals surface area (Å²) in [6.07, 6.45) is 4.06. The molecule has 1 aliphatic carbocycles. The van der Waals surface area contributed by atoms with Gasteiger partial charge in [0, 0.05) is 12.6 Å². The molecule has 1 aromatic rings. The first-order chi connectivity index (χ1) is 7.99. The van der Waals surface area contributed by atoms with Crippen molar-refractivity contribution in [1.82, 2.24) is 5.32 Å². The SMILES string of the molecule is Cc1ccc(CNC2CCCC2(C)C)cc1C. The summed E-state index contributed by atoms with van der Waals surface area (Å²) in [6, 6.07) is 7.47. The van der Waals surface area contributed by atoms with Crippen molar-refractivity contribution in [3.8, 4) is 0 Å². The smallest absolute Gasteiger partial charge is 0.0208 e. The van der Waals surface area contributed by atoms with Gasteiger partial charge in [0.05, 0.1) is 0 Å². The van der Waals surface area contributed by atoms with E-state index in [4.69, 9.17) is 0 Å². The van der Waals surface area contributed by atoms with Gasteiger partial charge in [0.2, 0.25) is 0 Å². The fourth-order valence-corrected chi connectivity index (χ4v) is 2.86. The molecule has 1 nitrogen and oxygen atoms in total. The second kappa shape index (κ2) is 4.81. The molecule has 0 bridgehead atoms. The lowest BCUT2D eigenvalue weighted by Crippen LogP contribution is -2.37. The first-order valence-corrected chi connectivity index (χ1v) is 6.78. The minimum absolute atomic E-state index is 0.472. The zero-order chi connectivity index (χ0) is 12.5. The molecule has 0 aliphatic heterocycles. The monoisotopic (exact) mass is 231 g/mol. The first kappa shape index (κ1) is 12.6. The Bertz CT molecular complexity index is 393. The van der Waals surface area contributed by atoms with Crippen molar-refractivity contribution >= 4 is 0 Å². The maximum absolute atomic E-state index is 3.73. The Hall–Kier alpha value is -0.820. The van der Waals surface area contributed by atoms with Crippen molar-refractivity contribution < 1.29 is 0 Å². The highest BCUT2D eigenvalue weighted by Gasteiger charge is 2.33. The van der Waals surface area contributed by atoms with E-state index in [1.165, 1.54) is 36.0 Å². The quantitative estimate of drug-likeness (QED) is 0.830. The summed E-state index contributed by atoms with van der Waals surface area (Å²) in [5.41, 5.74) is 4.67. The average Bonchev–Trinajstić information content (AvgIpc) is 2.60. The van der Waals surface area contributed by atoms with Gasteiger partial charge < -0.3 is 5.32 Å². The minimum Gasteiger partial charge on any atom is -0.309 e. The normalized spacial score (nSPS) is 22.9. The van der Waals surface area contributed by atoms with Crippen molar-refractivity contribution in [1.29, 1.82) is 0 Å². The summed E-state index contributed by atoms with van der Waals surface area (Å²) < 4.78 is 0. The predicted octanol–water partition coefficient (Wildman–Crippen LogP) is 3.97. The number of nitrogens with one attached hydrogen (secondary N) is 1. The van der Waals surface area contributed by atoms with Crippen LogP contribution in [0.3, 0.4) is 0 Å². The minimum atomic E-state index is 0.472. The van der Waals surface area contributed by atoms with Crippen LogP contribution in [0.15, 0.2) is 18.2 Å². The van der Waals surface area contributed by atoms with Crippen LogP contribution in [0, 0.1) is 19.3 Å². The first-order valence-electron chi connectivity index (χ1n) is 6.78. The molecule has 1 atom stereocenters. The highest BCUT2D eigenvalue weighted by molar-refractivity contribution is 5.29. The summed E-state index contributed by atoms with van der Waals surface area (Å²) in [6.45, 7) is 10.1. The topological polar surface area (TPSA) is 12.0 Å². The number of hydrogen-bond donors (Lipinski definition) is 1. The third kappa shape index (κ3) is 2.90. The number of benzene rings is 1. The van der Waals surface area contributed by atoms with E-state index in [1.54, 1.807) is 0 Å². The van der Waals surface area contributed by atoms with E-state index in [-0.39, 0.29) is 0 Å². The lowest BCUT2D eigenvalue weighted by atomic mass is 9.87. The van der Waals surface area contributed by atoms with Crippen LogP contribution in [-0.2, 0) is 6.54 Å². The lowest BCUT2D eigenvalue weighted by Gasteiger charge is -2.28. The highest BCUT2D eigenvalue weighted by Crippen LogP contribution is 2.37. The van der Waals surface area contributed by atoms with Gasteiger partial charge in [-0.15, -0.1) is 0 Å². The lowest BCUT2D eigenvalue weighted by molar-refractivity contribution is 0.282. The second-order valence-corrected chi connectivity index (χ2v) is 6.23. The predicted molar refractivity (Wildman–Crippen MR) is 74.2 cm³/mol. The summed E-state index contributed by atoms with van der Waals surface area (Å²) in [7, 11) is 0. The molecule has 0 heterocycles. The van der Waals surface area contributed by atoms with Crippen molar-refractivity contribution in [3.63, 3.8) is 0 Å². The molecule has 0 saturated heterocycles. The van der Waals surface area contributed by atoms with Crippen molar-refractivity contribution in [2.45, 2.75) is 59.5 Å². The Morgan fingerprint density at radius 3 is 2.59 bits per heavy atom. The summed E-state index contributed by atoms with van der Waals surface area (Å²) in [5, 5.41) is 3.73. The Morgan fingerprint density at radius 1 is 1.24 bits per heavy atom. The third-order valence-corrected chi connectivity index (χ3v) is 4.38. The van der Waals surface area contributed by atoms with E-state index in [1.807, 2.05) is 0 Å². The van der Waals surface area contributed by atoms with Crippen LogP contribution in [0.4, 0.5) is 0 Å². The summed E-state index contributed by atoms with van der Waals surface area (Å²) in [4.78, 5) is 0. The van der Waals surface area contributed by atoms with Crippen molar-refractivity contribution in [2.24, 2.45) is 5.41 Å². The molecule has 1 aromatic carbocycles. The zero-order valence-electron chi connectivity index (χ0n) is 11.6. The maximum atomic E-state index is 3.73. The molecule has 0 aromatic heterocycles. The van der Waals surface area contributed by atoms with Gasteiger partial charge in [-0.25, -0.2) is 0 Å². The van der Waals surface area contributed by atoms with Crippen LogP contribution < -0.4 is 5.32 Å². The number of aryl methyl sites for hydroxylation is 2. The molecule has 0 amide bonds. The maximum Gasteiger partial charge on any atom is 0.0208 e. The Labute approximate surface area is 106 Å². The molecule has 1 unspecified atom stereocenters. The van der Waals surface area contributed by atoms with Gasteiger partial charge in [0.1, 0.15) is 0 Å². The van der Waals surface area contributed by atoms with E-state index in [9.17, 15) is 0 Å².